The number of β-lactam (4-membered cyclic amide) rings is 1. The van der Waals surface area contributed by atoms with Crippen molar-refractivity contribution in [1.82, 2.24) is 15.2 Å². The van der Waals surface area contributed by atoms with Crippen LogP contribution in [0.15, 0.2) is 60.9 Å². The lowest BCUT2D eigenvalue weighted by Gasteiger charge is -2.41. The third kappa shape index (κ3) is 2.87. The van der Waals surface area contributed by atoms with Crippen LogP contribution < -0.4 is 5.32 Å². The molecule has 3 atom stereocenters. The second kappa shape index (κ2) is 6.39. The number of nitrogens with zero attached hydrogens (tertiary/aromatic N) is 2. The van der Waals surface area contributed by atoms with Crippen molar-refractivity contribution in [3.8, 4) is 0 Å². The average molecular weight is 335 g/mol. The first kappa shape index (κ1) is 15.4. The van der Waals surface area contributed by atoms with E-state index in [1.54, 1.807) is 17.3 Å². The van der Waals surface area contributed by atoms with Gasteiger partial charge in [-0.05, 0) is 17.2 Å². The first-order chi connectivity index (χ1) is 12.2. The zero-order valence-corrected chi connectivity index (χ0v) is 13.4. The summed E-state index contributed by atoms with van der Waals surface area (Å²) in [5.41, 5.74) is 1.90. The van der Waals surface area contributed by atoms with Crippen LogP contribution in [0, 0.1) is 0 Å². The fourth-order valence-electron chi connectivity index (χ4n) is 3.21. The van der Waals surface area contributed by atoms with Crippen LogP contribution in [-0.2, 0) is 9.53 Å². The number of aromatic nitrogens is 1. The van der Waals surface area contributed by atoms with Gasteiger partial charge < -0.3 is 10.1 Å². The van der Waals surface area contributed by atoms with Crippen molar-refractivity contribution in [2.24, 2.45) is 0 Å². The van der Waals surface area contributed by atoms with Crippen molar-refractivity contribution in [2.75, 3.05) is 6.61 Å². The number of amides is 2. The van der Waals surface area contributed by atoms with E-state index < -0.39 is 12.1 Å². The van der Waals surface area contributed by atoms with E-state index in [1.165, 1.54) is 0 Å². The third-order valence-corrected chi connectivity index (χ3v) is 4.49. The number of hydrogen-bond acceptors (Lipinski definition) is 4. The van der Waals surface area contributed by atoms with Gasteiger partial charge in [0.15, 0.2) is 0 Å². The smallest absolute Gasteiger partial charge is 0.411 e. The molecule has 2 fully saturated rings. The summed E-state index contributed by atoms with van der Waals surface area (Å²) in [5, 5.41) is 2.84. The summed E-state index contributed by atoms with van der Waals surface area (Å²) in [6.45, 7) is 0.256. The minimum absolute atomic E-state index is 0.166. The topological polar surface area (TPSA) is 71.5 Å². The van der Waals surface area contributed by atoms with Crippen molar-refractivity contribution in [3.63, 3.8) is 0 Å². The highest BCUT2D eigenvalue weighted by Gasteiger charge is 2.50. The zero-order valence-electron chi connectivity index (χ0n) is 13.4. The molecule has 0 radical (unpaired) electrons. The van der Waals surface area contributed by atoms with Gasteiger partial charge in [0.25, 0.3) is 0 Å². The van der Waals surface area contributed by atoms with Gasteiger partial charge in [0.2, 0.25) is 5.91 Å². The molecule has 4 rings (SSSR count). The predicted octanol–water partition coefficient (Wildman–Crippen LogP) is 2.16. The normalized spacial score (nSPS) is 25.6. The number of carbonyl (C=O) groups excluding carboxylic acids is 2. The maximum Gasteiger partial charge on any atom is 0.411 e. The Morgan fingerprint density at radius 2 is 2.00 bits per heavy atom. The third-order valence-electron chi connectivity index (χ3n) is 4.49. The lowest BCUT2D eigenvalue weighted by molar-refractivity contribution is -0.134. The highest BCUT2D eigenvalue weighted by molar-refractivity contribution is 5.93. The van der Waals surface area contributed by atoms with Crippen molar-refractivity contribution in [3.05, 3.63) is 72.1 Å². The van der Waals surface area contributed by atoms with Gasteiger partial charge in [0.05, 0.1) is 12.1 Å². The first-order valence-corrected chi connectivity index (χ1v) is 8.13. The van der Waals surface area contributed by atoms with E-state index >= 15 is 0 Å². The highest BCUT2D eigenvalue weighted by atomic mass is 16.6. The summed E-state index contributed by atoms with van der Waals surface area (Å²) in [6.07, 6.45) is 6.77. The van der Waals surface area contributed by atoms with Crippen LogP contribution in [0.25, 0.3) is 6.08 Å². The molecule has 2 saturated heterocycles. The fraction of sp³-hybridized carbons (Fsp3) is 0.211. The molecule has 126 valence electrons. The van der Waals surface area contributed by atoms with E-state index in [0.717, 1.165) is 11.1 Å². The van der Waals surface area contributed by atoms with Crippen LogP contribution >= 0.6 is 0 Å². The molecule has 1 unspecified atom stereocenters. The SMILES string of the molecule is O=C1N[C@H](/C=C/c2cccnc2)C1N1C(=O)OC[C@@H]1c1ccccc1. The van der Waals surface area contributed by atoms with Crippen LogP contribution in [0.3, 0.4) is 0 Å². The number of rotatable bonds is 4. The Kier molecular flexibility index (Phi) is 3.93. The minimum Gasteiger partial charge on any atom is -0.447 e. The van der Waals surface area contributed by atoms with Crippen LogP contribution in [0.2, 0.25) is 0 Å². The van der Waals surface area contributed by atoms with E-state index in [-0.39, 0.29) is 24.6 Å². The van der Waals surface area contributed by atoms with Crippen LogP contribution in [0.5, 0.6) is 0 Å². The largest absolute Gasteiger partial charge is 0.447 e. The van der Waals surface area contributed by atoms with Gasteiger partial charge in [-0.15, -0.1) is 0 Å². The molecule has 3 heterocycles. The van der Waals surface area contributed by atoms with Crippen LogP contribution in [0.1, 0.15) is 17.2 Å². The molecule has 0 bridgehead atoms. The van der Waals surface area contributed by atoms with Crippen molar-refractivity contribution >= 4 is 18.1 Å². The molecule has 2 aliphatic heterocycles. The van der Waals surface area contributed by atoms with Gasteiger partial charge in [-0.3, -0.25) is 14.7 Å². The van der Waals surface area contributed by atoms with E-state index in [1.807, 2.05) is 54.6 Å². The maximum atomic E-state index is 12.2. The standard InChI is InChI=1S/C19H17N3O3/c23-18-17(15(21-18)9-8-13-5-4-10-20-11-13)22-16(12-25-19(22)24)14-6-2-1-3-7-14/h1-11,15-17H,12H2,(H,21,23)/b9-8+/t15-,16-,17?/m1/s1. The summed E-state index contributed by atoms with van der Waals surface area (Å²) >= 11 is 0. The zero-order chi connectivity index (χ0) is 17.2. The number of ether oxygens (including phenoxy) is 1. The molecule has 0 aliphatic carbocycles. The Morgan fingerprint density at radius 1 is 1.16 bits per heavy atom. The highest BCUT2D eigenvalue weighted by Crippen LogP contribution is 2.33. The maximum absolute atomic E-state index is 12.2. The Balaban J connectivity index is 1.57. The number of pyridine rings is 1. The fourth-order valence-corrected chi connectivity index (χ4v) is 3.21. The molecular weight excluding hydrogens is 318 g/mol. The monoisotopic (exact) mass is 335 g/mol. The van der Waals surface area contributed by atoms with Crippen molar-refractivity contribution in [2.45, 2.75) is 18.1 Å². The average Bonchev–Trinajstić information content (AvgIpc) is 3.01. The molecule has 2 aliphatic rings. The second-order valence-electron chi connectivity index (χ2n) is 6.04. The quantitative estimate of drug-likeness (QED) is 0.869. The summed E-state index contributed by atoms with van der Waals surface area (Å²) < 4.78 is 5.22. The summed E-state index contributed by atoms with van der Waals surface area (Å²) in [6, 6.07) is 12.3. The lowest BCUT2D eigenvalue weighted by atomic mass is 9.93. The summed E-state index contributed by atoms with van der Waals surface area (Å²) in [5.74, 6) is -0.166. The van der Waals surface area contributed by atoms with Gasteiger partial charge in [0.1, 0.15) is 12.6 Å². The number of nitrogens with one attached hydrogen (secondary N) is 1. The Hall–Kier alpha value is -3.15. The van der Waals surface area contributed by atoms with Crippen molar-refractivity contribution < 1.29 is 14.3 Å². The van der Waals surface area contributed by atoms with Gasteiger partial charge in [-0.2, -0.15) is 0 Å². The van der Waals surface area contributed by atoms with Gasteiger partial charge >= 0.3 is 6.09 Å². The number of carbonyl (C=O) groups is 2. The number of hydrogen-bond donors (Lipinski definition) is 1. The Labute approximate surface area is 145 Å². The van der Waals surface area contributed by atoms with E-state index in [9.17, 15) is 9.59 Å². The van der Waals surface area contributed by atoms with E-state index in [0.29, 0.717) is 0 Å². The van der Waals surface area contributed by atoms with E-state index in [4.69, 9.17) is 4.74 Å². The Bertz CT molecular complexity index is 807. The molecule has 6 nitrogen and oxygen atoms in total. The number of benzene rings is 1. The molecule has 1 aromatic carbocycles. The van der Waals surface area contributed by atoms with E-state index in [2.05, 4.69) is 10.3 Å². The molecule has 0 saturated carbocycles. The van der Waals surface area contributed by atoms with Gasteiger partial charge in [-0.25, -0.2) is 4.79 Å². The lowest BCUT2D eigenvalue weighted by Crippen LogP contribution is -2.68. The first-order valence-electron chi connectivity index (χ1n) is 8.13. The van der Waals surface area contributed by atoms with Gasteiger partial charge in [-0.1, -0.05) is 48.6 Å². The molecule has 2 aromatic rings. The minimum atomic E-state index is -0.562. The van der Waals surface area contributed by atoms with Crippen molar-refractivity contribution in [1.29, 1.82) is 0 Å². The molecule has 1 aromatic heterocycles. The molecule has 2 amide bonds. The molecule has 6 heteroatoms. The summed E-state index contributed by atoms with van der Waals surface area (Å²) in [4.78, 5) is 30.0. The number of cyclic esters (lactones) is 1. The second-order valence-corrected chi connectivity index (χ2v) is 6.04. The predicted molar refractivity (Wildman–Crippen MR) is 91.4 cm³/mol. The van der Waals surface area contributed by atoms with Gasteiger partial charge in [0, 0.05) is 12.4 Å². The molecule has 0 spiro atoms. The van der Waals surface area contributed by atoms with Crippen LogP contribution in [0.4, 0.5) is 4.79 Å². The van der Waals surface area contributed by atoms with Crippen LogP contribution in [-0.4, -0.2) is 40.6 Å². The molecule has 1 N–H and O–H groups in total. The Morgan fingerprint density at radius 3 is 2.72 bits per heavy atom. The molecule has 25 heavy (non-hydrogen) atoms. The molecular formula is C19H17N3O3. The summed E-state index contributed by atoms with van der Waals surface area (Å²) in [7, 11) is 0.